The molecule has 2 saturated carbocycles. The predicted octanol–water partition coefficient (Wildman–Crippen LogP) is 4.08. The highest BCUT2D eigenvalue weighted by Crippen LogP contribution is 2.75. The van der Waals surface area contributed by atoms with Crippen molar-refractivity contribution in [1.29, 1.82) is 0 Å². The molecule has 0 aromatic heterocycles. The smallest absolute Gasteiger partial charge is 0.331 e. The van der Waals surface area contributed by atoms with Gasteiger partial charge >= 0.3 is 5.97 Å². The molecular formula is C20H28O3. The Labute approximate surface area is 139 Å². The van der Waals surface area contributed by atoms with E-state index >= 15 is 0 Å². The van der Waals surface area contributed by atoms with Crippen LogP contribution in [-0.2, 0) is 14.3 Å². The lowest BCUT2D eigenvalue weighted by Gasteiger charge is -2.41. The van der Waals surface area contributed by atoms with Crippen LogP contribution in [0.25, 0.3) is 0 Å². The molecule has 5 unspecified atom stereocenters. The molecule has 0 aliphatic heterocycles. The maximum atomic E-state index is 12.9. The lowest BCUT2D eigenvalue weighted by Crippen LogP contribution is -2.48. The van der Waals surface area contributed by atoms with E-state index in [9.17, 15) is 9.59 Å². The van der Waals surface area contributed by atoms with Crippen LogP contribution in [0, 0.1) is 28.1 Å². The lowest BCUT2D eigenvalue weighted by molar-refractivity contribution is -0.161. The third-order valence-electron chi connectivity index (χ3n) is 6.94. The van der Waals surface area contributed by atoms with E-state index in [1.165, 1.54) is 6.08 Å². The first-order valence-electron chi connectivity index (χ1n) is 8.67. The zero-order valence-electron chi connectivity index (χ0n) is 15.1. The fraction of sp³-hybridized carbons (Fsp3) is 0.700. The number of ether oxygens (including phenoxy) is 1. The summed E-state index contributed by atoms with van der Waals surface area (Å²) in [6, 6.07) is 0. The van der Waals surface area contributed by atoms with Crippen molar-refractivity contribution in [3.63, 3.8) is 0 Å². The first-order valence-corrected chi connectivity index (χ1v) is 8.67. The van der Waals surface area contributed by atoms with Crippen LogP contribution < -0.4 is 0 Å². The zero-order valence-corrected chi connectivity index (χ0v) is 15.1. The lowest BCUT2D eigenvalue weighted by atomic mass is 9.61. The minimum Gasteiger partial charge on any atom is -0.458 e. The molecule has 3 nitrogen and oxygen atoms in total. The Bertz CT molecular complexity index is 623. The number of rotatable bonds is 2. The number of ketones is 1. The van der Waals surface area contributed by atoms with E-state index in [0.29, 0.717) is 11.8 Å². The minimum absolute atomic E-state index is 0.122. The van der Waals surface area contributed by atoms with Crippen molar-refractivity contribution in [1.82, 2.24) is 0 Å². The van der Waals surface area contributed by atoms with Crippen LogP contribution in [0.2, 0.25) is 0 Å². The van der Waals surface area contributed by atoms with Crippen molar-refractivity contribution in [3.8, 4) is 0 Å². The highest BCUT2D eigenvalue weighted by molar-refractivity contribution is 6.00. The Balaban J connectivity index is 2.09. The second-order valence-electron chi connectivity index (χ2n) is 8.72. The van der Waals surface area contributed by atoms with Crippen LogP contribution in [0.1, 0.15) is 54.4 Å². The number of carbonyl (C=O) groups excluding carboxylic acids is 2. The predicted molar refractivity (Wildman–Crippen MR) is 89.7 cm³/mol. The van der Waals surface area contributed by atoms with E-state index in [2.05, 4.69) is 26.8 Å². The number of esters is 1. The minimum atomic E-state index is -0.637. The van der Waals surface area contributed by atoms with Gasteiger partial charge in [0.15, 0.2) is 5.78 Å². The van der Waals surface area contributed by atoms with Crippen LogP contribution in [-0.4, -0.2) is 17.9 Å². The first kappa shape index (κ1) is 16.5. The molecule has 126 valence electrons. The molecule has 0 aromatic carbocycles. The summed E-state index contributed by atoms with van der Waals surface area (Å²) < 4.78 is 5.93. The second kappa shape index (κ2) is 4.81. The van der Waals surface area contributed by atoms with Gasteiger partial charge in [-0.3, -0.25) is 4.79 Å². The van der Waals surface area contributed by atoms with E-state index in [4.69, 9.17) is 4.74 Å². The van der Waals surface area contributed by atoms with E-state index in [-0.39, 0.29) is 28.7 Å². The highest BCUT2D eigenvalue weighted by Gasteiger charge is 2.77. The van der Waals surface area contributed by atoms with Gasteiger partial charge in [0.1, 0.15) is 6.10 Å². The van der Waals surface area contributed by atoms with Gasteiger partial charge in [0.05, 0.1) is 5.41 Å². The first-order chi connectivity index (χ1) is 10.6. The zero-order chi connectivity index (χ0) is 17.2. The van der Waals surface area contributed by atoms with Crippen molar-refractivity contribution in [2.45, 2.75) is 60.5 Å². The number of allylic oxidation sites excluding steroid dienone is 3. The summed E-state index contributed by atoms with van der Waals surface area (Å²) in [5.41, 5.74) is -0.0910. The monoisotopic (exact) mass is 316 g/mol. The van der Waals surface area contributed by atoms with Crippen LogP contribution in [0.4, 0.5) is 0 Å². The normalized spacial score (nSPS) is 43.2. The molecule has 0 aromatic rings. The number of hydrogen-bond donors (Lipinski definition) is 0. The van der Waals surface area contributed by atoms with E-state index in [1.807, 2.05) is 20.8 Å². The van der Waals surface area contributed by atoms with Gasteiger partial charge in [-0.05, 0) is 51.5 Å². The van der Waals surface area contributed by atoms with E-state index in [1.54, 1.807) is 6.08 Å². The van der Waals surface area contributed by atoms with E-state index < -0.39 is 5.41 Å². The fourth-order valence-electron chi connectivity index (χ4n) is 6.09. The average Bonchev–Trinajstić information content (AvgIpc) is 2.95. The molecule has 3 heteroatoms. The quantitative estimate of drug-likeness (QED) is 0.569. The molecule has 0 amide bonds. The van der Waals surface area contributed by atoms with Gasteiger partial charge < -0.3 is 4.74 Å². The molecule has 3 aliphatic rings. The van der Waals surface area contributed by atoms with Crippen molar-refractivity contribution in [2.24, 2.45) is 28.1 Å². The van der Waals surface area contributed by atoms with E-state index in [0.717, 1.165) is 18.4 Å². The number of carbonyl (C=O) groups is 2. The second-order valence-corrected chi connectivity index (χ2v) is 8.72. The standard InChI is InChI=1S/C20H28O3/c1-12(2)11-16(22)23-17-18(4,5)14-8-7-13(3)20(14)10-9-15(21)19(17,20)6/h9-11,13-14,17H,7-8H2,1-6H3. The summed E-state index contributed by atoms with van der Waals surface area (Å²) >= 11 is 0. The van der Waals surface area contributed by atoms with Crippen molar-refractivity contribution < 1.29 is 14.3 Å². The molecular weight excluding hydrogens is 288 g/mol. The van der Waals surface area contributed by atoms with Crippen LogP contribution >= 0.6 is 0 Å². The molecule has 0 saturated heterocycles. The van der Waals surface area contributed by atoms with Crippen LogP contribution in [0.5, 0.6) is 0 Å². The fourth-order valence-corrected chi connectivity index (χ4v) is 6.09. The Morgan fingerprint density at radius 3 is 2.52 bits per heavy atom. The Hall–Kier alpha value is -1.38. The van der Waals surface area contributed by atoms with Gasteiger partial charge in [0.25, 0.3) is 0 Å². The molecule has 2 fully saturated rings. The Kier molecular flexibility index (Phi) is 3.45. The summed E-state index contributed by atoms with van der Waals surface area (Å²) in [6.07, 6.45) is 7.26. The maximum absolute atomic E-state index is 12.9. The summed E-state index contributed by atoms with van der Waals surface area (Å²) in [5.74, 6) is 0.609. The van der Waals surface area contributed by atoms with Gasteiger partial charge in [0.2, 0.25) is 0 Å². The van der Waals surface area contributed by atoms with Crippen molar-refractivity contribution in [2.75, 3.05) is 0 Å². The topological polar surface area (TPSA) is 43.4 Å². The molecule has 3 aliphatic carbocycles. The molecule has 3 rings (SSSR count). The summed E-state index contributed by atoms with van der Waals surface area (Å²) in [6.45, 7) is 12.4. The van der Waals surface area contributed by atoms with Gasteiger partial charge in [-0.1, -0.05) is 32.4 Å². The average molecular weight is 316 g/mol. The molecule has 0 heterocycles. The highest BCUT2D eigenvalue weighted by atomic mass is 16.5. The SMILES string of the molecule is CC(C)=CC(=O)OC1C(C)(C)C2CCC(C)C23C=CC(=O)C13C. The molecule has 0 radical (unpaired) electrons. The third-order valence-corrected chi connectivity index (χ3v) is 6.94. The molecule has 23 heavy (non-hydrogen) atoms. The summed E-state index contributed by atoms with van der Waals surface area (Å²) in [4.78, 5) is 25.2. The van der Waals surface area contributed by atoms with Gasteiger partial charge in [-0.15, -0.1) is 0 Å². The summed E-state index contributed by atoms with van der Waals surface area (Å²) in [7, 11) is 0. The van der Waals surface area contributed by atoms with Crippen LogP contribution in [0.3, 0.4) is 0 Å². The molecule has 0 bridgehead atoms. The Morgan fingerprint density at radius 2 is 1.91 bits per heavy atom. The largest absolute Gasteiger partial charge is 0.458 e. The van der Waals surface area contributed by atoms with Gasteiger partial charge in [-0.25, -0.2) is 4.79 Å². The molecule has 1 spiro atoms. The number of hydrogen-bond acceptors (Lipinski definition) is 3. The van der Waals surface area contributed by atoms with Crippen molar-refractivity contribution in [3.05, 3.63) is 23.8 Å². The van der Waals surface area contributed by atoms with Crippen LogP contribution in [0.15, 0.2) is 23.8 Å². The van der Waals surface area contributed by atoms with Gasteiger partial charge in [-0.2, -0.15) is 0 Å². The Morgan fingerprint density at radius 1 is 1.26 bits per heavy atom. The summed E-state index contributed by atoms with van der Waals surface area (Å²) in [5, 5.41) is 0. The maximum Gasteiger partial charge on any atom is 0.331 e. The van der Waals surface area contributed by atoms with Crippen molar-refractivity contribution >= 4 is 11.8 Å². The van der Waals surface area contributed by atoms with Gasteiger partial charge in [0, 0.05) is 16.9 Å². The molecule has 0 N–H and O–H groups in total. The molecule has 5 atom stereocenters. The third kappa shape index (κ3) is 1.82.